The van der Waals surface area contributed by atoms with Crippen molar-refractivity contribution in [2.45, 2.75) is 25.3 Å². The van der Waals surface area contributed by atoms with Crippen LogP contribution in [-0.4, -0.2) is 25.5 Å². The zero-order valence-corrected chi connectivity index (χ0v) is 7.08. The summed E-state index contributed by atoms with van der Waals surface area (Å²) in [6, 6.07) is -0.0186. The highest BCUT2D eigenvalue weighted by atomic mass is 16.5. The van der Waals surface area contributed by atoms with Gasteiger partial charge in [-0.2, -0.15) is 0 Å². The Morgan fingerprint density at radius 3 is 2.92 bits per heavy atom. The van der Waals surface area contributed by atoms with Gasteiger partial charge in [0.1, 0.15) is 6.29 Å². The lowest BCUT2D eigenvalue weighted by atomic mass is 10.1. The lowest BCUT2D eigenvalue weighted by Gasteiger charge is -2.14. The predicted molar refractivity (Wildman–Crippen MR) is 42.7 cm³/mol. The summed E-state index contributed by atoms with van der Waals surface area (Å²) < 4.78 is 4.44. The van der Waals surface area contributed by atoms with Crippen LogP contribution in [0.25, 0.3) is 0 Å². The van der Waals surface area contributed by atoms with Gasteiger partial charge in [0.15, 0.2) is 0 Å². The number of hydrogen-bond donors (Lipinski definition) is 1. The second-order valence-corrected chi connectivity index (χ2v) is 2.97. The third kappa shape index (κ3) is 1.96. The maximum absolute atomic E-state index is 10.8. The van der Waals surface area contributed by atoms with E-state index < -0.39 is 6.09 Å². The molecule has 1 aliphatic rings. The Hall–Kier alpha value is -1.06. The summed E-state index contributed by atoms with van der Waals surface area (Å²) in [7, 11) is 1.32. The van der Waals surface area contributed by atoms with E-state index >= 15 is 0 Å². The molecule has 1 N–H and O–H groups in total. The molecule has 0 radical (unpaired) electrons. The minimum atomic E-state index is -0.450. The number of alkyl carbamates (subject to hydrolysis) is 1. The molecule has 0 aromatic rings. The molecule has 4 nitrogen and oxygen atoms in total. The van der Waals surface area contributed by atoms with Gasteiger partial charge in [0.05, 0.1) is 7.11 Å². The first-order valence-electron chi connectivity index (χ1n) is 4.07. The Balaban J connectivity index is 2.40. The molecule has 0 aliphatic heterocycles. The maximum atomic E-state index is 10.8. The standard InChI is InChI=1S/C8H13NO3/c1-12-8(11)9-7-4-2-3-6(7)5-10/h5-7H,2-4H2,1H3,(H,9,11)/t6-,7+/m1/s1. The van der Waals surface area contributed by atoms with Gasteiger partial charge in [0, 0.05) is 12.0 Å². The minimum Gasteiger partial charge on any atom is -0.453 e. The van der Waals surface area contributed by atoms with Crippen molar-refractivity contribution in [2.75, 3.05) is 7.11 Å². The van der Waals surface area contributed by atoms with Crippen LogP contribution in [0.4, 0.5) is 4.79 Å². The number of aldehydes is 1. The highest BCUT2D eigenvalue weighted by molar-refractivity contribution is 5.68. The van der Waals surface area contributed by atoms with E-state index in [0.717, 1.165) is 25.5 Å². The number of rotatable bonds is 2. The second-order valence-electron chi connectivity index (χ2n) is 2.97. The molecule has 0 aromatic heterocycles. The predicted octanol–water partition coefficient (Wildman–Crippen LogP) is 0.710. The van der Waals surface area contributed by atoms with Crippen molar-refractivity contribution in [2.24, 2.45) is 5.92 Å². The lowest BCUT2D eigenvalue weighted by Crippen LogP contribution is -2.37. The van der Waals surface area contributed by atoms with Crippen molar-refractivity contribution in [1.29, 1.82) is 0 Å². The molecule has 1 saturated carbocycles. The van der Waals surface area contributed by atoms with Crippen LogP contribution >= 0.6 is 0 Å². The van der Waals surface area contributed by atoms with Crippen molar-refractivity contribution < 1.29 is 14.3 Å². The van der Waals surface area contributed by atoms with E-state index in [1.807, 2.05) is 0 Å². The maximum Gasteiger partial charge on any atom is 0.407 e. The van der Waals surface area contributed by atoms with Crippen LogP contribution in [0.2, 0.25) is 0 Å². The monoisotopic (exact) mass is 171 g/mol. The minimum absolute atomic E-state index is 0.0186. The Morgan fingerprint density at radius 2 is 2.33 bits per heavy atom. The number of hydrogen-bond acceptors (Lipinski definition) is 3. The highest BCUT2D eigenvalue weighted by Crippen LogP contribution is 2.23. The van der Waals surface area contributed by atoms with Crippen molar-refractivity contribution in [3.63, 3.8) is 0 Å². The van der Waals surface area contributed by atoms with E-state index in [9.17, 15) is 9.59 Å². The third-order valence-corrected chi connectivity index (χ3v) is 2.23. The molecular weight excluding hydrogens is 158 g/mol. The van der Waals surface area contributed by atoms with E-state index in [2.05, 4.69) is 10.1 Å². The molecule has 1 amide bonds. The smallest absolute Gasteiger partial charge is 0.407 e. The van der Waals surface area contributed by atoms with Gasteiger partial charge >= 0.3 is 6.09 Å². The largest absolute Gasteiger partial charge is 0.453 e. The first-order chi connectivity index (χ1) is 5.77. The summed E-state index contributed by atoms with van der Waals surface area (Å²) in [6.07, 6.45) is 3.20. The zero-order valence-electron chi connectivity index (χ0n) is 7.08. The Kier molecular flexibility index (Phi) is 3.08. The molecule has 0 heterocycles. The number of ether oxygens (including phenoxy) is 1. The van der Waals surface area contributed by atoms with Crippen molar-refractivity contribution in [1.82, 2.24) is 5.32 Å². The zero-order chi connectivity index (χ0) is 8.97. The van der Waals surface area contributed by atoms with Gasteiger partial charge in [-0.25, -0.2) is 4.79 Å². The number of amides is 1. The van der Waals surface area contributed by atoms with E-state index in [1.54, 1.807) is 0 Å². The first kappa shape index (κ1) is 9.03. The van der Waals surface area contributed by atoms with Crippen LogP contribution in [0, 0.1) is 5.92 Å². The first-order valence-corrected chi connectivity index (χ1v) is 4.07. The van der Waals surface area contributed by atoms with Gasteiger partial charge in [0.2, 0.25) is 0 Å². The van der Waals surface area contributed by atoms with Crippen LogP contribution in [0.1, 0.15) is 19.3 Å². The van der Waals surface area contributed by atoms with Gasteiger partial charge in [-0.3, -0.25) is 0 Å². The summed E-state index contributed by atoms with van der Waals surface area (Å²) >= 11 is 0. The molecule has 1 aliphatic carbocycles. The average Bonchev–Trinajstić information content (AvgIpc) is 2.51. The van der Waals surface area contributed by atoms with Crippen molar-refractivity contribution in [3.8, 4) is 0 Å². The molecule has 0 spiro atoms. The molecule has 2 atom stereocenters. The van der Waals surface area contributed by atoms with Crippen LogP contribution < -0.4 is 5.32 Å². The van der Waals surface area contributed by atoms with Gasteiger partial charge in [0.25, 0.3) is 0 Å². The number of methoxy groups -OCH3 is 1. The van der Waals surface area contributed by atoms with Crippen LogP contribution in [0.5, 0.6) is 0 Å². The number of nitrogens with one attached hydrogen (secondary N) is 1. The van der Waals surface area contributed by atoms with E-state index in [-0.39, 0.29) is 12.0 Å². The fraction of sp³-hybridized carbons (Fsp3) is 0.750. The molecule has 0 saturated heterocycles. The molecule has 68 valence electrons. The summed E-state index contributed by atoms with van der Waals surface area (Å²) in [4.78, 5) is 21.3. The SMILES string of the molecule is COC(=O)N[C@H]1CCC[C@@H]1C=O. The normalized spacial score (nSPS) is 28.1. The number of carbonyl (C=O) groups is 2. The molecule has 0 unspecified atom stereocenters. The highest BCUT2D eigenvalue weighted by Gasteiger charge is 2.28. The quantitative estimate of drug-likeness (QED) is 0.622. The van der Waals surface area contributed by atoms with Gasteiger partial charge in [-0.1, -0.05) is 6.42 Å². The van der Waals surface area contributed by atoms with Crippen molar-refractivity contribution >= 4 is 12.4 Å². The molecule has 0 bridgehead atoms. The fourth-order valence-corrected chi connectivity index (χ4v) is 1.54. The molecule has 4 heteroatoms. The van der Waals surface area contributed by atoms with Gasteiger partial charge in [-0.05, 0) is 12.8 Å². The molecular formula is C8H13NO3. The summed E-state index contributed by atoms with van der Waals surface area (Å²) in [5, 5.41) is 2.64. The fourth-order valence-electron chi connectivity index (χ4n) is 1.54. The van der Waals surface area contributed by atoms with Crippen LogP contribution in [-0.2, 0) is 9.53 Å². The van der Waals surface area contributed by atoms with Gasteiger partial charge < -0.3 is 14.8 Å². The molecule has 1 rings (SSSR count). The molecule has 0 aromatic carbocycles. The summed E-state index contributed by atoms with van der Waals surface area (Å²) in [6.45, 7) is 0. The van der Waals surface area contributed by atoms with Crippen LogP contribution in [0.3, 0.4) is 0 Å². The average molecular weight is 171 g/mol. The van der Waals surface area contributed by atoms with Crippen molar-refractivity contribution in [3.05, 3.63) is 0 Å². The Labute approximate surface area is 71.3 Å². The third-order valence-electron chi connectivity index (χ3n) is 2.23. The van der Waals surface area contributed by atoms with Gasteiger partial charge in [-0.15, -0.1) is 0 Å². The van der Waals surface area contributed by atoms with E-state index in [0.29, 0.717) is 0 Å². The number of carbonyl (C=O) groups excluding carboxylic acids is 2. The van der Waals surface area contributed by atoms with Crippen LogP contribution in [0.15, 0.2) is 0 Å². The Morgan fingerprint density at radius 1 is 1.58 bits per heavy atom. The second kappa shape index (κ2) is 4.09. The van der Waals surface area contributed by atoms with E-state index in [4.69, 9.17) is 0 Å². The lowest BCUT2D eigenvalue weighted by molar-refractivity contribution is -0.111. The molecule has 12 heavy (non-hydrogen) atoms. The Bertz CT molecular complexity index is 181. The molecule has 1 fully saturated rings. The summed E-state index contributed by atoms with van der Waals surface area (Å²) in [5.41, 5.74) is 0. The van der Waals surface area contributed by atoms with E-state index in [1.165, 1.54) is 7.11 Å². The summed E-state index contributed by atoms with van der Waals surface area (Å²) in [5.74, 6) is -0.0240. The topological polar surface area (TPSA) is 55.4 Å².